The number of aromatic nitrogens is 4. The molecule has 6 nitrogen and oxygen atoms in total. The van der Waals surface area contributed by atoms with Crippen LogP contribution in [0.5, 0.6) is 0 Å². The molecule has 0 aromatic carbocycles. The summed E-state index contributed by atoms with van der Waals surface area (Å²) in [6.45, 7) is 1.92. The Morgan fingerprint density at radius 3 is 3.08 bits per heavy atom. The van der Waals surface area contributed by atoms with Gasteiger partial charge in [-0.05, 0) is 18.9 Å². The summed E-state index contributed by atoms with van der Waals surface area (Å²) in [6.07, 6.45) is 8.12. The van der Waals surface area contributed by atoms with Crippen molar-refractivity contribution in [2.45, 2.75) is 25.3 Å². The number of piperidine rings is 1. The highest BCUT2D eigenvalue weighted by molar-refractivity contribution is 7.07. The molecule has 8 heteroatoms. The van der Waals surface area contributed by atoms with Crippen LogP contribution in [-0.4, -0.2) is 43.4 Å². The Hall–Kier alpha value is -2.61. The molecular weight excluding hydrogens is 353 g/mol. The molecule has 3 aromatic rings. The van der Waals surface area contributed by atoms with Crippen LogP contribution in [0.15, 0.2) is 41.7 Å². The Kier molecular flexibility index (Phi) is 4.75. The average molecular weight is 371 g/mol. The van der Waals surface area contributed by atoms with Gasteiger partial charge in [0.05, 0.1) is 29.5 Å². The van der Waals surface area contributed by atoms with Gasteiger partial charge in [-0.15, -0.1) is 11.3 Å². The highest BCUT2D eigenvalue weighted by Gasteiger charge is 2.28. The number of pyridine rings is 1. The lowest BCUT2D eigenvalue weighted by molar-refractivity contribution is 0.0702. The zero-order valence-corrected chi connectivity index (χ0v) is 14.9. The third-order valence-corrected chi connectivity index (χ3v) is 5.22. The van der Waals surface area contributed by atoms with Crippen LogP contribution in [0.3, 0.4) is 0 Å². The number of hydrogen-bond acceptors (Lipinski definition) is 5. The van der Waals surface area contributed by atoms with Crippen LogP contribution in [0, 0.1) is 5.82 Å². The SMILES string of the molecule is O=C(c1cncc(F)c1)N1CCCC(c2nccn2Cc2cscn2)C1. The number of imidazole rings is 1. The molecule has 0 radical (unpaired) electrons. The summed E-state index contributed by atoms with van der Waals surface area (Å²) in [6, 6.07) is 1.24. The minimum Gasteiger partial charge on any atom is -0.338 e. The zero-order valence-electron chi connectivity index (χ0n) is 14.1. The number of carbonyl (C=O) groups is 1. The summed E-state index contributed by atoms with van der Waals surface area (Å²) in [5.41, 5.74) is 3.11. The number of thiazole rings is 1. The van der Waals surface area contributed by atoms with E-state index in [4.69, 9.17) is 0 Å². The average Bonchev–Trinajstić information content (AvgIpc) is 3.34. The van der Waals surface area contributed by atoms with Crippen molar-refractivity contribution in [2.24, 2.45) is 0 Å². The number of amides is 1. The van der Waals surface area contributed by atoms with E-state index >= 15 is 0 Å². The van der Waals surface area contributed by atoms with Gasteiger partial charge < -0.3 is 9.47 Å². The highest BCUT2D eigenvalue weighted by Crippen LogP contribution is 2.27. The molecule has 1 aliphatic heterocycles. The summed E-state index contributed by atoms with van der Waals surface area (Å²) in [5, 5.41) is 2.03. The predicted octanol–water partition coefficient (Wildman–Crippen LogP) is 2.94. The van der Waals surface area contributed by atoms with Crippen molar-refractivity contribution in [3.05, 3.63) is 64.6 Å². The van der Waals surface area contributed by atoms with Crippen molar-refractivity contribution >= 4 is 17.2 Å². The molecule has 1 amide bonds. The summed E-state index contributed by atoms with van der Waals surface area (Å²) < 4.78 is 15.5. The number of likely N-dealkylation sites (tertiary alicyclic amines) is 1. The number of carbonyl (C=O) groups excluding carboxylic acids is 1. The summed E-state index contributed by atoms with van der Waals surface area (Å²) in [4.78, 5) is 27.1. The van der Waals surface area contributed by atoms with Gasteiger partial charge in [0, 0.05) is 43.0 Å². The van der Waals surface area contributed by atoms with Crippen LogP contribution in [-0.2, 0) is 6.54 Å². The molecule has 0 aliphatic carbocycles. The second-order valence-corrected chi connectivity index (χ2v) is 7.09. The lowest BCUT2D eigenvalue weighted by Gasteiger charge is -2.32. The van der Waals surface area contributed by atoms with Crippen molar-refractivity contribution < 1.29 is 9.18 Å². The summed E-state index contributed by atoms with van der Waals surface area (Å²) in [5.74, 6) is 0.443. The number of halogens is 1. The van der Waals surface area contributed by atoms with E-state index in [0.717, 1.165) is 30.6 Å². The van der Waals surface area contributed by atoms with Crippen LogP contribution in [0.25, 0.3) is 0 Å². The smallest absolute Gasteiger partial charge is 0.255 e. The zero-order chi connectivity index (χ0) is 17.9. The molecule has 0 N–H and O–H groups in total. The minimum atomic E-state index is -0.497. The summed E-state index contributed by atoms with van der Waals surface area (Å²) >= 11 is 1.57. The maximum atomic E-state index is 13.4. The largest absolute Gasteiger partial charge is 0.338 e. The quantitative estimate of drug-likeness (QED) is 0.707. The lowest BCUT2D eigenvalue weighted by atomic mass is 9.96. The topological polar surface area (TPSA) is 63.9 Å². The van der Waals surface area contributed by atoms with Crippen molar-refractivity contribution in [2.75, 3.05) is 13.1 Å². The third kappa shape index (κ3) is 3.50. The Morgan fingerprint density at radius 1 is 1.35 bits per heavy atom. The van der Waals surface area contributed by atoms with Crippen molar-refractivity contribution in [3.63, 3.8) is 0 Å². The first kappa shape index (κ1) is 16.8. The van der Waals surface area contributed by atoms with Crippen molar-refractivity contribution in [1.82, 2.24) is 24.4 Å². The van der Waals surface area contributed by atoms with Crippen molar-refractivity contribution in [3.8, 4) is 0 Å². The van der Waals surface area contributed by atoms with Crippen LogP contribution in [0.1, 0.15) is 40.6 Å². The molecule has 0 bridgehead atoms. The standard InChI is InChI=1S/C18H18FN5OS/c19-15-6-14(7-20-8-15)18(25)24-4-1-2-13(9-24)17-21-3-5-23(17)10-16-11-26-12-22-16/h3,5-8,11-13H,1-2,4,9-10H2. The second kappa shape index (κ2) is 7.33. The molecule has 0 saturated carbocycles. The van der Waals surface area contributed by atoms with E-state index in [1.807, 2.05) is 17.1 Å². The van der Waals surface area contributed by atoms with Crippen LogP contribution >= 0.6 is 11.3 Å². The molecule has 1 fully saturated rings. The fourth-order valence-corrected chi connectivity index (χ4v) is 3.94. The van der Waals surface area contributed by atoms with Gasteiger partial charge in [-0.3, -0.25) is 9.78 Å². The van der Waals surface area contributed by atoms with Gasteiger partial charge in [0.25, 0.3) is 5.91 Å². The van der Waals surface area contributed by atoms with Gasteiger partial charge in [0.1, 0.15) is 11.6 Å². The van der Waals surface area contributed by atoms with E-state index < -0.39 is 5.82 Å². The van der Waals surface area contributed by atoms with Crippen LogP contribution in [0.4, 0.5) is 4.39 Å². The van der Waals surface area contributed by atoms with Crippen LogP contribution < -0.4 is 0 Å². The molecule has 0 spiro atoms. The third-order valence-electron chi connectivity index (χ3n) is 4.59. The molecule has 1 unspecified atom stereocenters. The number of hydrogen-bond donors (Lipinski definition) is 0. The van der Waals surface area contributed by atoms with E-state index in [1.54, 1.807) is 22.4 Å². The molecule has 26 heavy (non-hydrogen) atoms. The van der Waals surface area contributed by atoms with Gasteiger partial charge >= 0.3 is 0 Å². The Bertz CT molecular complexity index is 895. The van der Waals surface area contributed by atoms with E-state index in [0.29, 0.717) is 19.6 Å². The normalized spacial score (nSPS) is 17.4. The molecule has 4 heterocycles. The minimum absolute atomic E-state index is 0.155. The predicted molar refractivity (Wildman–Crippen MR) is 95.5 cm³/mol. The molecule has 1 saturated heterocycles. The molecule has 1 aliphatic rings. The van der Waals surface area contributed by atoms with Crippen LogP contribution in [0.2, 0.25) is 0 Å². The van der Waals surface area contributed by atoms with Crippen molar-refractivity contribution in [1.29, 1.82) is 0 Å². The van der Waals surface area contributed by atoms with E-state index in [2.05, 4.69) is 19.5 Å². The maximum absolute atomic E-state index is 13.4. The first-order valence-electron chi connectivity index (χ1n) is 8.48. The van der Waals surface area contributed by atoms with E-state index in [1.165, 1.54) is 12.3 Å². The lowest BCUT2D eigenvalue weighted by Crippen LogP contribution is -2.39. The molecule has 4 rings (SSSR count). The second-order valence-electron chi connectivity index (χ2n) is 6.38. The molecule has 1 atom stereocenters. The Balaban J connectivity index is 1.51. The highest BCUT2D eigenvalue weighted by atomic mass is 32.1. The van der Waals surface area contributed by atoms with Gasteiger partial charge in [-0.2, -0.15) is 0 Å². The fraction of sp³-hybridized carbons (Fsp3) is 0.333. The number of rotatable bonds is 4. The fourth-order valence-electron chi connectivity index (χ4n) is 3.39. The first-order valence-corrected chi connectivity index (χ1v) is 9.43. The Labute approximate surface area is 154 Å². The van der Waals surface area contributed by atoms with Gasteiger partial charge in [0.2, 0.25) is 0 Å². The first-order chi connectivity index (χ1) is 12.7. The molecule has 134 valence electrons. The number of nitrogens with zero attached hydrogens (tertiary/aromatic N) is 5. The van der Waals surface area contributed by atoms with E-state index in [9.17, 15) is 9.18 Å². The molecule has 3 aromatic heterocycles. The van der Waals surface area contributed by atoms with Gasteiger partial charge in [-0.25, -0.2) is 14.4 Å². The monoisotopic (exact) mass is 371 g/mol. The van der Waals surface area contributed by atoms with E-state index in [-0.39, 0.29) is 17.4 Å². The Morgan fingerprint density at radius 2 is 2.27 bits per heavy atom. The van der Waals surface area contributed by atoms with Gasteiger partial charge in [0.15, 0.2) is 0 Å². The molecular formula is C18H18FN5OS. The maximum Gasteiger partial charge on any atom is 0.255 e. The van der Waals surface area contributed by atoms with Gasteiger partial charge in [-0.1, -0.05) is 0 Å². The summed E-state index contributed by atoms with van der Waals surface area (Å²) in [7, 11) is 0.